The number of rotatable bonds is 3. The van der Waals surface area contributed by atoms with E-state index in [0.29, 0.717) is 17.7 Å². The summed E-state index contributed by atoms with van der Waals surface area (Å²) in [6.45, 7) is 2.04. The number of carbonyl (C=O) groups excluding carboxylic acids is 1. The third kappa shape index (κ3) is 2.38. The van der Waals surface area contributed by atoms with E-state index in [1.807, 2.05) is 12.1 Å². The van der Waals surface area contributed by atoms with Gasteiger partial charge in [-0.1, -0.05) is 24.3 Å². The van der Waals surface area contributed by atoms with Gasteiger partial charge in [0.25, 0.3) is 0 Å². The molecule has 0 saturated carbocycles. The molecular weight excluding hydrogens is 271 g/mol. The lowest BCUT2D eigenvalue weighted by Crippen LogP contribution is -2.04. The Bertz CT molecular complexity index is 811. The largest absolute Gasteiger partial charge is 0.461 e. The number of nitrogens with one attached hydrogen (secondary N) is 1. The number of aromatic amines is 1. The van der Waals surface area contributed by atoms with Crippen LogP contribution in [-0.4, -0.2) is 22.8 Å². The Morgan fingerprint density at radius 3 is 2.76 bits per heavy atom. The molecule has 5 heteroatoms. The fraction of sp³-hybridized carbons (Fsp3) is 0.125. The molecule has 0 bridgehead atoms. The van der Waals surface area contributed by atoms with Crippen LogP contribution in [0, 0.1) is 5.82 Å². The summed E-state index contributed by atoms with van der Waals surface area (Å²) in [6, 6.07) is 11.8. The van der Waals surface area contributed by atoms with E-state index in [1.54, 1.807) is 31.2 Å². The molecule has 0 amide bonds. The van der Waals surface area contributed by atoms with Crippen LogP contribution >= 0.6 is 0 Å². The third-order valence-corrected chi connectivity index (χ3v) is 3.22. The Kier molecular flexibility index (Phi) is 3.39. The number of esters is 1. The van der Waals surface area contributed by atoms with Crippen LogP contribution < -0.4 is 0 Å². The van der Waals surface area contributed by atoms with Crippen LogP contribution in [0.4, 0.5) is 4.39 Å². The summed E-state index contributed by atoms with van der Waals surface area (Å²) in [5, 5.41) is 8.04. The van der Waals surface area contributed by atoms with E-state index in [9.17, 15) is 9.18 Å². The van der Waals surface area contributed by atoms with Crippen molar-refractivity contribution in [3.63, 3.8) is 0 Å². The monoisotopic (exact) mass is 284 g/mol. The SMILES string of the molecule is CCOC(=O)c1cc(-c2ccc(F)c3ccccc23)n[nH]1. The van der Waals surface area contributed by atoms with Crippen LogP contribution in [0.3, 0.4) is 0 Å². The first-order valence-electron chi connectivity index (χ1n) is 6.61. The summed E-state index contributed by atoms with van der Waals surface area (Å²) in [6.07, 6.45) is 0. The first kappa shape index (κ1) is 13.3. The van der Waals surface area contributed by atoms with E-state index >= 15 is 0 Å². The highest BCUT2D eigenvalue weighted by atomic mass is 19.1. The van der Waals surface area contributed by atoms with Gasteiger partial charge in [0, 0.05) is 10.9 Å². The first-order valence-corrected chi connectivity index (χ1v) is 6.61. The van der Waals surface area contributed by atoms with E-state index in [-0.39, 0.29) is 11.5 Å². The quantitative estimate of drug-likeness (QED) is 0.748. The lowest BCUT2D eigenvalue weighted by molar-refractivity contribution is 0.0519. The molecule has 0 fully saturated rings. The van der Waals surface area contributed by atoms with Gasteiger partial charge >= 0.3 is 5.97 Å². The van der Waals surface area contributed by atoms with Crippen LogP contribution in [0.5, 0.6) is 0 Å². The summed E-state index contributed by atoms with van der Waals surface area (Å²) >= 11 is 0. The van der Waals surface area contributed by atoms with Crippen LogP contribution in [0.2, 0.25) is 0 Å². The standard InChI is InChI=1S/C16H13FN2O2/c1-2-21-16(20)15-9-14(18-19-15)12-7-8-13(17)11-6-4-3-5-10(11)12/h3-9H,2H2,1H3,(H,18,19). The second-order valence-corrected chi connectivity index (χ2v) is 4.53. The predicted molar refractivity (Wildman–Crippen MR) is 77.4 cm³/mol. The minimum atomic E-state index is -0.456. The highest BCUT2D eigenvalue weighted by molar-refractivity contribution is 5.97. The minimum Gasteiger partial charge on any atom is -0.461 e. The van der Waals surface area contributed by atoms with Gasteiger partial charge < -0.3 is 4.74 Å². The van der Waals surface area contributed by atoms with Gasteiger partial charge in [0.2, 0.25) is 0 Å². The minimum absolute atomic E-state index is 0.278. The molecule has 0 atom stereocenters. The molecule has 0 aliphatic carbocycles. The Balaban J connectivity index is 2.09. The molecule has 0 spiro atoms. The maximum absolute atomic E-state index is 13.8. The van der Waals surface area contributed by atoms with Crippen LogP contribution in [0.25, 0.3) is 22.0 Å². The zero-order valence-electron chi connectivity index (χ0n) is 11.4. The number of carbonyl (C=O) groups is 1. The first-order chi connectivity index (χ1) is 10.2. The summed E-state index contributed by atoms with van der Waals surface area (Å²) in [5.41, 5.74) is 1.62. The number of nitrogens with zero attached hydrogens (tertiary/aromatic N) is 1. The summed E-state index contributed by atoms with van der Waals surface area (Å²) < 4.78 is 18.7. The number of aromatic nitrogens is 2. The molecule has 21 heavy (non-hydrogen) atoms. The van der Waals surface area contributed by atoms with Gasteiger partial charge in [-0.3, -0.25) is 5.10 Å². The van der Waals surface area contributed by atoms with Gasteiger partial charge in [0.05, 0.1) is 12.3 Å². The van der Waals surface area contributed by atoms with E-state index in [2.05, 4.69) is 10.2 Å². The smallest absolute Gasteiger partial charge is 0.356 e. The Morgan fingerprint density at radius 2 is 2.00 bits per heavy atom. The lowest BCUT2D eigenvalue weighted by atomic mass is 10.0. The van der Waals surface area contributed by atoms with E-state index < -0.39 is 5.97 Å². The molecule has 0 saturated heterocycles. The second-order valence-electron chi connectivity index (χ2n) is 4.53. The number of benzene rings is 2. The normalized spacial score (nSPS) is 10.8. The molecule has 0 aliphatic heterocycles. The summed E-state index contributed by atoms with van der Waals surface area (Å²) in [7, 11) is 0. The molecule has 3 rings (SSSR count). The van der Waals surface area contributed by atoms with E-state index in [1.165, 1.54) is 6.07 Å². The number of hydrogen-bond donors (Lipinski definition) is 1. The molecule has 1 aromatic heterocycles. The van der Waals surface area contributed by atoms with Gasteiger partial charge in [-0.15, -0.1) is 0 Å². The molecule has 4 nitrogen and oxygen atoms in total. The summed E-state index contributed by atoms with van der Waals surface area (Å²) in [4.78, 5) is 11.7. The van der Waals surface area contributed by atoms with Crippen LogP contribution in [-0.2, 0) is 4.74 Å². The predicted octanol–water partition coefficient (Wildman–Crippen LogP) is 3.55. The molecule has 2 aromatic carbocycles. The average molecular weight is 284 g/mol. The van der Waals surface area contributed by atoms with Crippen molar-refractivity contribution >= 4 is 16.7 Å². The highest BCUT2D eigenvalue weighted by Gasteiger charge is 2.14. The molecular formula is C16H13FN2O2. The van der Waals surface area contributed by atoms with Crippen LogP contribution in [0.15, 0.2) is 42.5 Å². The molecule has 0 aliphatic rings. The van der Waals surface area contributed by atoms with Gasteiger partial charge in [0.15, 0.2) is 0 Å². The lowest BCUT2D eigenvalue weighted by Gasteiger charge is -2.04. The molecule has 1 N–H and O–H groups in total. The fourth-order valence-corrected chi connectivity index (χ4v) is 2.26. The summed E-state index contributed by atoms with van der Waals surface area (Å²) in [5.74, 6) is -0.738. The molecule has 0 radical (unpaired) electrons. The number of ether oxygens (including phenoxy) is 1. The van der Waals surface area contributed by atoms with Crippen molar-refractivity contribution in [2.75, 3.05) is 6.61 Å². The molecule has 0 unspecified atom stereocenters. The van der Waals surface area contributed by atoms with E-state index in [4.69, 9.17) is 4.74 Å². The van der Waals surface area contributed by atoms with Gasteiger partial charge in [-0.2, -0.15) is 5.10 Å². The average Bonchev–Trinajstić information content (AvgIpc) is 2.98. The Labute approximate surface area is 120 Å². The zero-order chi connectivity index (χ0) is 14.8. The van der Waals surface area contributed by atoms with Crippen molar-refractivity contribution < 1.29 is 13.9 Å². The van der Waals surface area contributed by atoms with Crippen molar-refractivity contribution in [3.8, 4) is 11.3 Å². The molecule has 3 aromatic rings. The molecule has 106 valence electrons. The topological polar surface area (TPSA) is 55.0 Å². The maximum Gasteiger partial charge on any atom is 0.356 e. The van der Waals surface area contributed by atoms with Crippen molar-refractivity contribution in [3.05, 3.63) is 54.0 Å². The van der Waals surface area contributed by atoms with Gasteiger partial charge in [-0.25, -0.2) is 9.18 Å². The van der Waals surface area contributed by atoms with Gasteiger partial charge in [-0.05, 0) is 30.5 Å². The zero-order valence-corrected chi connectivity index (χ0v) is 11.4. The van der Waals surface area contributed by atoms with Crippen molar-refractivity contribution in [2.24, 2.45) is 0 Å². The maximum atomic E-state index is 13.8. The number of halogens is 1. The second kappa shape index (κ2) is 5.36. The fourth-order valence-electron chi connectivity index (χ4n) is 2.26. The highest BCUT2D eigenvalue weighted by Crippen LogP contribution is 2.29. The van der Waals surface area contributed by atoms with Crippen LogP contribution in [0.1, 0.15) is 17.4 Å². The Morgan fingerprint density at radius 1 is 1.24 bits per heavy atom. The Hall–Kier alpha value is -2.69. The van der Waals surface area contributed by atoms with Gasteiger partial charge in [0.1, 0.15) is 11.5 Å². The number of fused-ring (bicyclic) bond motifs is 1. The van der Waals surface area contributed by atoms with Crippen molar-refractivity contribution in [2.45, 2.75) is 6.92 Å². The third-order valence-electron chi connectivity index (χ3n) is 3.22. The number of hydrogen-bond acceptors (Lipinski definition) is 3. The van der Waals surface area contributed by atoms with E-state index in [0.717, 1.165) is 10.9 Å². The molecule has 1 heterocycles. The van der Waals surface area contributed by atoms with Crippen molar-refractivity contribution in [1.82, 2.24) is 10.2 Å². The van der Waals surface area contributed by atoms with Crippen molar-refractivity contribution in [1.29, 1.82) is 0 Å². The number of H-pyrrole nitrogens is 1.